The van der Waals surface area contributed by atoms with Gasteiger partial charge in [0.2, 0.25) is 0 Å². The van der Waals surface area contributed by atoms with Gasteiger partial charge in [0.1, 0.15) is 23.7 Å². The van der Waals surface area contributed by atoms with Crippen molar-refractivity contribution in [2.75, 3.05) is 0 Å². The van der Waals surface area contributed by atoms with E-state index in [9.17, 15) is 4.39 Å². The molecule has 1 heterocycles. The summed E-state index contributed by atoms with van der Waals surface area (Å²) >= 11 is 0. The Morgan fingerprint density at radius 3 is 3.00 bits per heavy atom. The van der Waals surface area contributed by atoms with E-state index < -0.39 is 0 Å². The first kappa shape index (κ1) is 6.86. The predicted molar refractivity (Wildman–Crippen MR) is 40.9 cm³/mol. The molecule has 0 aliphatic carbocycles. The van der Waals surface area contributed by atoms with Gasteiger partial charge >= 0.3 is 0 Å². The molecule has 0 saturated heterocycles. The monoisotopic (exact) mass is 161 g/mol. The normalized spacial score (nSPS) is 10.0. The molecule has 1 aromatic heterocycles. The molecule has 0 N–H and O–H groups in total. The largest absolute Gasteiger partial charge is 0.463 e. The number of halogens is 1. The van der Waals surface area contributed by atoms with Crippen LogP contribution < -0.4 is 0 Å². The highest BCUT2D eigenvalue weighted by molar-refractivity contribution is 5.83. The highest BCUT2D eigenvalue weighted by Crippen LogP contribution is 2.20. The van der Waals surface area contributed by atoms with Crippen molar-refractivity contribution < 1.29 is 8.81 Å². The Hall–Kier alpha value is -1.82. The molecular formula is C9H4FNO. The zero-order valence-electron chi connectivity index (χ0n) is 6.04. The minimum atomic E-state index is -0.360. The van der Waals surface area contributed by atoms with Crippen LogP contribution in [0.15, 0.2) is 28.9 Å². The molecule has 1 aromatic carbocycles. The van der Waals surface area contributed by atoms with Gasteiger partial charge in [0.05, 0.1) is 5.56 Å². The van der Waals surface area contributed by atoms with Gasteiger partial charge in [-0.05, 0) is 12.1 Å². The van der Waals surface area contributed by atoms with Crippen molar-refractivity contribution in [3.05, 3.63) is 35.8 Å². The van der Waals surface area contributed by atoms with E-state index in [1.807, 2.05) is 6.07 Å². The molecule has 0 atom stereocenters. The van der Waals surface area contributed by atoms with E-state index in [-0.39, 0.29) is 5.82 Å². The first-order valence-electron chi connectivity index (χ1n) is 3.38. The van der Waals surface area contributed by atoms with Crippen LogP contribution >= 0.6 is 0 Å². The molecule has 58 valence electrons. The lowest BCUT2D eigenvalue weighted by Crippen LogP contribution is -1.72. The molecule has 0 aliphatic heterocycles. The van der Waals surface area contributed by atoms with Crippen LogP contribution in [0.4, 0.5) is 4.39 Å². The molecule has 2 nitrogen and oxygen atoms in total. The third-order valence-electron chi connectivity index (χ3n) is 1.66. The Labute approximate surface area is 67.8 Å². The average Bonchev–Trinajstić information content (AvgIpc) is 2.46. The zero-order valence-corrected chi connectivity index (χ0v) is 6.04. The average molecular weight is 161 g/mol. The number of fused-ring (bicyclic) bond motifs is 1. The van der Waals surface area contributed by atoms with Gasteiger partial charge in [-0.1, -0.05) is 0 Å². The quantitative estimate of drug-likeness (QED) is 0.595. The lowest BCUT2D eigenvalue weighted by atomic mass is 10.2. The first-order valence-corrected chi connectivity index (χ1v) is 3.38. The van der Waals surface area contributed by atoms with E-state index in [1.54, 1.807) is 0 Å². The number of rotatable bonds is 0. The number of nitrogens with zero attached hydrogens (tertiary/aromatic N) is 1. The van der Waals surface area contributed by atoms with E-state index in [1.165, 1.54) is 24.5 Å². The standard InChI is InChI=1S/C9H4FNO/c10-7-1-2-8-6(4-11)5-12-9(8)3-7/h1-3,5H. The molecule has 0 radical (unpaired) electrons. The Morgan fingerprint density at radius 1 is 1.42 bits per heavy atom. The Kier molecular flexibility index (Phi) is 1.34. The van der Waals surface area contributed by atoms with Crippen LogP contribution in [0, 0.1) is 17.1 Å². The topological polar surface area (TPSA) is 36.9 Å². The molecule has 0 unspecified atom stereocenters. The zero-order chi connectivity index (χ0) is 8.55. The van der Waals surface area contributed by atoms with Crippen molar-refractivity contribution in [3.8, 4) is 6.07 Å². The summed E-state index contributed by atoms with van der Waals surface area (Å²) in [5.41, 5.74) is 0.844. The second-order valence-corrected chi connectivity index (χ2v) is 2.40. The van der Waals surface area contributed by atoms with Crippen LogP contribution in [0.3, 0.4) is 0 Å². The summed E-state index contributed by atoms with van der Waals surface area (Å²) in [4.78, 5) is 0. The molecule has 0 saturated carbocycles. The summed E-state index contributed by atoms with van der Waals surface area (Å²) in [5.74, 6) is -0.360. The fourth-order valence-electron chi connectivity index (χ4n) is 1.09. The third kappa shape index (κ3) is 0.857. The van der Waals surface area contributed by atoms with E-state index in [2.05, 4.69) is 0 Å². The van der Waals surface area contributed by atoms with E-state index >= 15 is 0 Å². The van der Waals surface area contributed by atoms with E-state index in [0.717, 1.165) is 0 Å². The summed E-state index contributed by atoms with van der Waals surface area (Å²) in [6.45, 7) is 0. The van der Waals surface area contributed by atoms with Crippen LogP contribution in [0.1, 0.15) is 5.56 Å². The van der Waals surface area contributed by atoms with E-state index in [4.69, 9.17) is 9.68 Å². The minimum absolute atomic E-state index is 0.360. The van der Waals surface area contributed by atoms with Crippen LogP contribution in [-0.4, -0.2) is 0 Å². The highest BCUT2D eigenvalue weighted by Gasteiger charge is 2.04. The number of furan rings is 1. The van der Waals surface area contributed by atoms with Gasteiger partial charge in [-0.2, -0.15) is 5.26 Å². The molecular weight excluding hydrogens is 157 g/mol. The van der Waals surface area contributed by atoms with Crippen molar-refractivity contribution in [3.63, 3.8) is 0 Å². The summed E-state index contributed by atoms with van der Waals surface area (Å²) < 4.78 is 17.6. The summed E-state index contributed by atoms with van der Waals surface area (Å²) in [6.07, 6.45) is 1.32. The van der Waals surface area contributed by atoms with Crippen molar-refractivity contribution in [2.24, 2.45) is 0 Å². The third-order valence-corrected chi connectivity index (χ3v) is 1.66. The van der Waals surface area contributed by atoms with Gasteiger partial charge in [0, 0.05) is 11.5 Å². The summed E-state index contributed by atoms with van der Waals surface area (Å²) in [5, 5.41) is 9.24. The SMILES string of the molecule is N#Cc1coc2cc(F)ccc12. The van der Waals surface area contributed by atoms with Crippen LogP contribution in [0.2, 0.25) is 0 Å². The van der Waals surface area contributed by atoms with Crippen molar-refractivity contribution in [1.82, 2.24) is 0 Å². The maximum Gasteiger partial charge on any atom is 0.138 e. The molecule has 2 aromatic rings. The van der Waals surface area contributed by atoms with Crippen LogP contribution in [-0.2, 0) is 0 Å². The Morgan fingerprint density at radius 2 is 2.25 bits per heavy atom. The van der Waals surface area contributed by atoms with Crippen LogP contribution in [0.5, 0.6) is 0 Å². The summed E-state index contributed by atoms with van der Waals surface area (Å²) in [6, 6.07) is 6.05. The Balaban J connectivity index is 2.84. The highest BCUT2D eigenvalue weighted by atomic mass is 19.1. The maximum atomic E-state index is 12.6. The maximum absolute atomic E-state index is 12.6. The molecule has 0 aliphatic rings. The summed E-state index contributed by atoms with van der Waals surface area (Å²) in [7, 11) is 0. The van der Waals surface area contributed by atoms with Gasteiger partial charge in [0.25, 0.3) is 0 Å². The second-order valence-electron chi connectivity index (χ2n) is 2.40. The molecule has 0 fully saturated rings. The fraction of sp³-hybridized carbons (Fsp3) is 0. The van der Waals surface area contributed by atoms with Gasteiger partial charge < -0.3 is 4.42 Å². The molecule has 2 rings (SSSR count). The molecule has 0 amide bonds. The second kappa shape index (κ2) is 2.35. The molecule has 3 heteroatoms. The van der Waals surface area contributed by atoms with Gasteiger partial charge in [-0.15, -0.1) is 0 Å². The molecule has 0 bridgehead atoms. The lowest BCUT2D eigenvalue weighted by molar-refractivity contribution is 0.598. The van der Waals surface area contributed by atoms with Crippen molar-refractivity contribution >= 4 is 11.0 Å². The number of hydrogen-bond donors (Lipinski definition) is 0. The van der Waals surface area contributed by atoms with Gasteiger partial charge in [-0.25, -0.2) is 4.39 Å². The fourth-order valence-corrected chi connectivity index (χ4v) is 1.09. The smallest absolute Gasteiger partial charge is 0.138 e. The van der Waals surface area contributed by atoms with Crippen LogP contribution in [0.25, 0.3) is 11.0 Å². The van der Waals surface area contributed by atoms with Crippen molar-refractivity contribution in [1.29, 1.82) is 5.26 Å². The molecule has 12 heavy (non-hydrogen) atoms. The predicted octanol–water partition coefficient (Wildman–Crippen LogP) is 2.44. The Bertz CT molecular complexity index is 467. The van der Waals surface area contributed by atoms with Gasteiger partial charge in [0.15, 0.2) is 0 Å². The number of benzene rings is 1. The first-order chi connectivity index (χ1) is 5.81. The van der Waals surface area contributed by atoms with Crippen molar-refractivity contribution in [2.45, 2.75) is 0 Å². The minimum Gasteiger partial charge on any atom is -0.463 e. The van der Waals surface area contributed by atoms with Gasteiger partial charge in [-0.3, -0.25) is 0 Å². The lowest BCUT2D eigenvalue weighted by Gasteiger charge is -1.87. The van der Waals surface area contributed by atoms with E-state index in [0.29, 0.717) is 16.5 Å². The molecule has 0 spiro atoms. The number of nitriles is 1. The number of hydrogen-bond acceptors (Lipinski definition) is 2.